The van der Waals surface area contributed by atoms with Crippen LogP contribution >= 0.6 is 0 Å². The monoisotopic (exact) mass is 221 g/mol. The van der Waals surface area contributed by atoms with Gasteiger partial charge < -0.3 is 0 Å². The van der Waals surface area contributed by atoms with E-state index in [2.05, 4.69) is 6.07 Å². The lowest BCUT2D eigenvalue weighted by Crippen LogP contribution is -2.04. The second kappa shape index (κ2) is 4.00. The Balaban J connectivity index is 2.34. The average molecular weight is 221 g/mol. The molecule has 3 heteroatoms. The van der Waals surface area contributed by atoms with Crippen molar-refractivity contribution < 1.29 is 13.2 Å². The van der Waals surface area contributed by atoms with Crippen LogP contribution < -0.4 is 0 Å². The van der Waals surface area contributed by atoms with Crippen LogP contribution in [0.2, 0.25) is 0 Å². The molecule has 0 N–H and O–H groups in total. The standard InChI is InChI=1S/C13H8F3/c14-13(15,16)12-8-6-11(7-9-12)10-4-2-1-3-5-10/h1-8H. The summed E-state index contributed by atoms with van der Waals surface area (Å²) in [7, 11) is 0. The topological polar surface area (TPSA) is 0 Å². The Bertz CT molecular complexity index is 455. The Kier molecular flexibility index (Phi) is 2.69. The molecule has 2 aromatic rings. The maximum absolute atomic E-state index is 12.3. The van der Waals surface area contributed by atoms with Crippen LogP contribution in [0, 0.1) is 6.07 Å². The lowest BCUT2D eigenvalue weighted by molar-refractivity contribution is -0.137. The van der Waals surface area contributed by atoms with Gasteiger partial charge in [-0.1, -0.05) is 36.4 Å². The van der Waals surface area contributed by atoms with Crippen LogP contribution in [0.4, 0.5) is 13.2 Å². The first-order valence-corrected chi connectivity index (χ1v) is 4.72. The summed E-state index contributed by atoms with van der Waals surface area (Å²) in [5.41, 5.74) is 0.869. The summed E-state index contributed by atoms with van der Waals surface area (Å²) in [5, 5.41) is 0. The molecule has 0 aromatic heterocycles. The maximum Gasteiger partial charge on any atom is 0.417 e. The van der Waals surface area contributed by atoms with Gasteiger partial charge in [0, 0.05) is 0 Å². The van der Waals surface area contributed by atoms with Crippen LogP contribution in [0.1, 0.15) is 5.56 Å². The zero-order chi connectivity index (χ0) is 11.6. The van der Waals surface area contributed by atoms with Gasteiger partial charge in [0.15, 0.2) is 0 Å². The molecule has 0 aliphatic rings. The minimum atomic E-state index is -4.32. The first kappa shape index (κ1) is 10.7. The predicted octanol–water partition coefficient (Wildman–Crippen LogP) is 4.17. The van der Waals surface area contributed by atoms with E-state index >= 15 is 0 Å². The van der Waals surface area contributed by atoms with Crippen LogP contribution in [0.3, 0.4) is 0 Å². The van der Waals surface area contributed by atoms with Crippen LogP contribution in [-0.4, -0.2) is 0 Å². The van der Waals surface area contributed by atoms with E-state index in [9.17, 15) is 13.2 Å². The first-order chi connectivity index (χ1) is 7.57. The predicted molar refractivity (Wildman–Crippen MR) is 55.7 cm³/mol. The first-order valence-electron chi connectivity index (χ1n) is 4.72. The van der Waals surface area contributed by atoms with Crippen molar-refractivity contribution >= 4 is 0 Å². The fourth-order valence-electron chi connectivity index (χ4n) is 1.41. The number of alkyl halides is 3. The Morgan fingerprint density at radius 1 is 0.812 bits per heavy atom. The van der Waals surface area contributed by atoms with Crippen LogP contribution in [-0.2, 0) is 6.18 Å². The van der Waals surface area contributed by atoms with Gasteiger partial charge in [0.25, 0.3) is 0 Å². The highest BCUT2D eigenvalue weighted by molar-refractivity contribution is 5.63. The summed E-state index contributed by atoms with van der Waals surface area (Å²) >= 11 is 0. The molecule has 0 aliphatic carbocycles. The van der Waals surface area contributed by atoms with Gasteiger partial charge >= 0.3 is 6.18 Å². The summed E-state index contributed by atoms with van der Waals surface area (Å²) in [6.45, 7) is 0. The number of hydrogen-bond acceptors (Lipinski definition) is 0. The Morgan fingerprint density at radius 3 is 2.00 bits per heavy atom. The van der Waals surface area contributed by atoms with Gasteiger partial charge in [-0.25, -0.2) is 0 Å². The van der Waals surface area contributed by atoms with Crippen molar-refractivity contribution in [2.45, 2.75) is 6.18 Å². The number of hydrogen-bond donors (Lipinski definition) is 0. The fraction of sp³-hybridized carbons (Fsp3) is 0.0769. The van der Waals surface area contributed by atoms with Gasteiger partial charge in [-0.3, -0.25) is 0 Å². The minimum absolute atomic E-state index is 0.730. The van der Waals surface area contributed by atoms with Gasteiger partial charge in [0.05, 0.1) is 5.56 Å². The molecular formula is C13H8F3. The van der Waals surface area contributed by atoms with Gasteiger partial charge in [-0.05, 0) is 29.3 Å². The Labute approximate surface area is 91.4 Å². The van der Waals surface area contributed by atoms with Gasteiger partial charge in [0.2, 0.25) is 0 Å². The van der Waals surface area contributed by atoms with E-state index in [1.54, 1.807) is 0 Å². The zero-order valence-corrected chi connectivity index (χ0v) is 8.25. The van der Waals surface area contributed by atoms with Crippen molar-refractivity contribution in [1.82, 2.24) is 0 Å². The molecule has 81 valence electrons. The summed E-state index contributed by atoms with van der Waals surface area (Å²) < 4.78 is 36.9. The maximum atomic E-state index is 12.3. The van der Waals surface area contributed by atoms with E-state index in [1.807, 2.05) is 30.3 Å². The molecule has 0 saturated carbocycles. The molecule has 0 atom stereocenters. The molecule has 2 aromatic carbocycles. The third-order valence-electron chi connectivity index (χ3n) is 2.23. The van der Waals surface area contributed by atoms with Crippen LogP contribution in [0.25, 0.3) is 11.1 Å². The Hall–Kier alpha value is -1.77. The molecule has 0 amide bonds. The summed E-state index contributed by atoms with van der Waals surface area (Å²) in [4.78, 5) is 0. The molecule has 1 radical (unpaired) electrons. The molecule has 0 fully saturated rings. The number of halogens is 3. The van der Waals surface area contributed by atoms with Crippen LogP contribution in [0.15, 0.2) is 48.5 Å². The van der Waals surface area contributed by atoms with E-state index in [0.717, 1.165) is 17.2 Å². The van der Waals surface area contributed by atoms with Crippen molar-refractivity contribution in [3.8, 4) is 11.1 Å². The summed E-state index contributed by atoms with van der Waals surface area (Å²) in [6.07, 6.45) is -4.32. The lowest BCUT2D eigenvalue weighted by Gasteiger charge is -2.07. The van der Waals surface area contributed by atoms with Gasteiger partial charge in [-0.15, -0.1) is 0 Å². The third kappa shape index (κ3) is 2.24. The van der Waals surface area contributed by atoms with Crippen molar-refractivity contribution in [2.24, 2.45) is 0 Å². The highest BCUT2D eigenvalue weighted by Gasteiger charge is 2.30. The summed E-state index contributed by atoms with van der Waals surface area (Å²) in [6, 6.07) is 15.3. The second-order valence-corrected chi connectivity index (χ2v) is 3.35. The SMILES string of the molecule is FC(F)(F)c1[c]cc(-c2ccccc2)cc1. The van der Waals surface area contributed by atoms with E-state index in [1.165, 1.54) is 12.1 Å². The number of rotatable bonds is 1. The average Bonchev–Trinajstić information content (AvgIpc) is 2.29. The largest absolute Gasteiger partial charge is 0.417 e. The van der Waals surface area contributed by atoms with Crippen molar-refractivity contribution in [1.29, 1.82) is 0 Å². The van der Waals surface area contributed by atoms with Crippen molar-refractivity contribution in [3.05, 3.63) is 60.2 Å². The van der Waals surface area contributed by atoms with E-state index in [0.29, 0.717) is 0 Å². The molecule has 0 bridgehead atoms. The quantitative estimate of drug-likeness (QED) is 0.677. The second-order valence-electron chi connectivity index (χ2n) is 3.35. The number of benzene rings is 2. The molecule has 0 spiro atoms. The molecule has 16 heavy (non-hydrogen) atoms. The highest BCUT2D eigenvalue weighted by Crippen LogP contribution is 2.30. The normalized spacial score (nSPS) is 11.4. The molecule has 0 heterocycles. The fourth-order valence-corrected chi connectivity index (χ4v) is 1.41. The van der Waals surface area contributed by atoms with E-state index in [-0.39, 0.29) is 0 Å². The van der Waals surface area contributed by atoms with Gasteiger partial charge in [-0.2, -0.15) is 13.2 Å². The smallest absolute Gasteiger partial charge is 0.166 e. The van der Waals surface area contributed by atoms with Crippen molar-refractivity contribution in [2.75, 3.05) is 0 Å². The zero-order valence-electron chi connectivity index (χ0n) is 8.25. The molecule has 0 aliphatic heterocycles. The molecule has 2 rings (SSSR count). The van der Waals surface area contributed by atoms with Crippen LogP contribution in [0.5, 0.6) is 0 Å². The Morgan fingerprint density at radius 2 is 1.50 bits per heavy atom. The highest BCUT2D eigenvalue weighted by atomic mass is 19.4. The molecule has 0 unspecified atom stereocenters. The van der Waals surface area contributed by atoms with Crippen molar-refractivity contribution in [3.63, 3.8) is 0 Å². The minimum Gasteiger partial charge on any atom is -0.166 e. The van der Waals surface area contributed by atoms with Gasteiger partial charge in [0.1, 0.15) is 0 Å². The molecule has 0 nitrogen and oxygen atoms in total. The lowest BCUT2D eigenvalue weighted by atomic mass is 10.0. The molecular weight excluding hydrogens is 213 g/mol. The van der Waals surface area contributed by atoms with E-state index < -0.39 is 11.7 Å². The summed E-state index contributed by atoms with van der Waals surface area (Å²) in [5.74, 6) is 0. The molecule has 0 saturated heterocycles. The van der Waals surface area contributed by atoms with E-state index in [4.69, 9.17) is 0 Å². The third-order valence-corrected chi connectivity index (χ3v) is 2.23.